The lowest BCUT2D eigenvalue weighted by molar-refractivity contribution is 0.0741. The van der Waals surface area contributed by atoms with Crippen LogP contribution in [0.25, 0.3) is 0 Å². The molecule has 0 spiro atoms. The maximum Gasteiger partial charge on any atom is 0.123 e. The van der Waals surface area contributed by atoms with Gasteiger partial charge >= 0.3 is 0 Å². The van der Waals surface area contributed by atoms with Crippen LogP contribution in [0.1, 0.15) is 43.6 Å². The van der Waals surface area contributed by atoms with Crippen molar-refractivity contribution in [2.24, 2.45) is 0 Å². The first-order valence-electron chi connectivity index (χ1n) is 6.21. The normalized spacial score (nSPS) is 21.7. The van der Waals surface area contributed by atoms with Crippen molar-refractivity contribution in [3.8, 4) is 11.8 Å². The van der Waals surface area contributed by atoms with E-state index in [1.165, 1.54) is 12.8 Å². The molecule has 0 heterocycles. The molecule has 0 unspecified atom stereocenters. The van der Waals surface area contributed by atoms with Gasteiger partial charge in [0, 0.05) is 7.04 Å². The molecule has 0 saturated heterocycles. The quantitative estimate of drug-likeness (QED) is 0.565. The third kappa shape index (κ3) is 3.65. The van der Waals surface area contributed by atoms with Gasteiger partial charge in [-0.3, -0.25) is 0 Å². The molecule has 0 radical (unpaired) electrons. The SMILES string of the molecule is [2H]C([2H])([2H])OC(C)(C)C#CC1=CCCCC1. The van der Waals surface area contributed by atoms with Gasteiger partial charge in [0.15, 0.2) is 0 Å². The lowest BCUT2D eigenvalue weighted by atomic mass is 9.99. The van der Waals surface area contributed by atoms with Crippen molar-refractivity contribution in [1.29, 1.82) is 0 Å². The molecule has 1 rings (SSSR count). The zero-order chi connectivity index (χ0) is 12.2. The number of allylic oxidation sites excluding steroid dienone is 2. The second-order valence-electron chi connectivity index (χ2n) is 3.84. The van der Waals surface area contributed by atoms with E-state index in [0.29, 0.717) is 0 Å². The van der Waals surface area contributed by atoms with Crippen LogP contribution in [-0.4, -0.2) is 12.6 Å². The van der Waals surface area contributed by atoms with Crippen LogP contribution in [-0.2, 0) is 4.74 Å². The highest BCUT2D eigenvalue weighted by molar-refractivity contribution is 5.32. The van der Waals surface area contributed by atoms with Crippen LogP contribution in [0.4, 0.5) is 0 Å². The summed E-state index contributed by atoms with van der Waals surface area (Å²) < 4.78 is 26.0. The van der Waals surface area contributed by atoms with Gasteiger partial charge in [-0.1, -0.05) is 17.9 Å². The average Bonchev–Trinajstić information content (AvgIpc) is 2.13. The van der Waals surface area contributed by atoms with Crippen molar-refractivity contribution in [2.75, 3.05) is 7.04 Å². The smallest absolute Gasteiger partial charge is 0.123 e. The number of rotatable bonds is 1. The molecule has 0 atom stereocenters. The molecule has 0 aromatic heterocycles. The minimum absolute atomic E-state index is 0.927. The van der Waals surface area contributed by atoms with Crippen LogP contribution < -0.4 is 0 Å². The van der Waals surface area contributed by atoms with E-state index < -0.39 is 12.6 Å². The fourth-order valence-electron chi connectivity index (χ4n) is 1.21. The Morgan fingerprint density at radius 1 is 1.54 bits per heavy atom. The summed E-state index contributed by atoms with van der Waals surface area (Å²) in [5, 5.41) is 0. The van der Waals surface area contributed by atoms with Crippen LogP contribution in [0.2, 0.25) is 0 Å². The summed E-state index contributed by atoms with van der Waals surface area (Å²) in [6.45, 7) is 3.35. The average molecular weight is 181 g/mol. The minimum atomic E-state index is -2.39. The molecule has 1 aliphatic carbocycles. The zero-order valence-electron chi connectivity index (χ0n) is 11.3. The van der Waals surface area contributed by atoms with E-state index in [0.717, 1.165) is 18.4 Å². The Bertz CT molecular complexity index is 328. The molecule has 0 saturated carbocycles. The second-order valence-corrected chi connectivity index (χ2v) is 3.84. The van der Waals surface area contributed by atoms with E-state index in [2.05, 4.69) is 17.9 Å². The first-order valence-corrected chi connectivity index (χ1v) is 4.71. The van der Waals surface area contributed by atoms with E-state index in [1.807, 2.05) is 0 Å². The van der Waals surface area contributed by atoms with E-state index in [1.54, 1.807) is 13.8 Å². The topological polar surface area (TPSA) is 9.23 Å². The van der Waals surface area contributed by atoms with E-state index in [-0.39, 0.29) is 0 Å². The van der Waals surface area contributed by atoms with E-state index in [9.17, 15) is 0 Å². The van der Waals surface area contributed by atoms with Crippen LogP contribution in [0, 0.1) is 11.8 Å². The maximum atomic E-state index is 7.04. The Morgan fingerprint density at radius 3 is 3.00 bits per heavy atom. The Morgan fingerprint density at radius 2 is 2.38 bits per heavy atom. The van der Waals surface area contributed by atoms with Gasteiger partial charge in [0.05, 0.1) is 4.11 Å². The van der Waals surface area contributed by atoms with Gasteiger partial charge in [0.2, 0.25) is 0 Å². The summed E-state index contributed by atoms with van der Waals surface area (Å²) in [7, 11) is -2.39. The van der Waals surface area contributed by atoms with Crippen molar-refractivity contribution < 1.29 is 8.85 Å². The summed E-state index contributed by atoms with van der Waals surface area (Å²) in [6.07, 6.45) is 6.59. The standard InChI is InChI=1S/C12H18O/c1-12(2,13-3)10-9-11-7-5-4-6-8-11/h7H,4-6,8H2,1-3H3/i3D3. The highest BCUT2D eigenvalue weighted by Crippen LogP contribution is 2.16. The molecule has 1 nitrogen and oxygen atoms in total. The second kappa shape index (κ2) is 4.48. The fraction of sp³-hybridized carbons (Fsp3) is 0.667. The maximum absolute atomic E-state index is 7.04. The molecule has 0 aromatic rings. The van der Waals surface area contributed by atoms with Crippen LogP contribution in [0.5, 0.6) is 0 Å². The number of hydrogen-bond acceptors (Lipinski definition) is 1. The summed E-state index contributed by atoms with van der Waals surface area (Å²) in [6, 6.07) is 0. The first-order chi connectivity index (χ1) is 7.29. The van der Waals surface area contributed by atoms with Crippen LogP contribution in [0.3, 0.4) is 0 Å². The van der Waals surface area contributed by atoms with Crippen LogP contribution in [0.15, 0.2) is 11.6 Å². The number of ether oxygens (including phenoxy) is 1. The summed E-state index contributed by atoms with van der Waals surface area (Å²) in [5.74, 6) is 5.91. The molecule has 0 amide bonds. The Labute approximate surface area is 85.4 Å². The molecular formula is C12H18O. The molecular weight excluding hydrogens is 160 g/mol. The molecule has 0 fully saturated rings. The molecule has 0 aromatic carbocycles. The van der Waals surface area contributed by atoms with Gasteiger partial charge in [-0.15, -0.1) is 0 Å². The number of methoxy groups -OCH3 is 1. The van der Waals surface area contributed by atoms with Crippen molar-refractivity contribution in [1.82, 2.24) is 0 Å². The van der Waals surface area contributed by atoms with Gasteiger partial charge < -0.3 is 4.74 Å². The molecule has 0 N–H and O–H groups in total. The predicted octanol–water partition coefficient (Wildman–Crippen LogP) is 2.92. The lowest BCUT2D eigenvalue weighted by Crippen LogP contribution is -2.19. The highest BCUT2D eigenvalue weighted by atomic mass is 16.5. The van der Waals surface area contributed by atoms with Crippen molar-refractivity contribution in [3.63, 3.8) is 0 Å². The lowest BCUT2D eigenvalue weighted by Gasteiger charge is -2.15. The van der Waals surface area contributed by atoms with Crippen molar-refractivity contribution in [2.45, 2.75) is 45.1 Å². The Hall–Kier alpha value is -0.740. The fourth-order valence-corrected chi connectivity index (χ4v) is 1.21. The van der Waals surface area contributed by atoms with Gasteiger partial charge in [-0.05, 0) is 45.1 Å². The molecule has 1 aliphatic rings. The van der Waals surface area contributed by atoms with Crippen molar-refractivity contribution in [3.05, 3.63) is 11.6 Å². The summed E-state index contributed by atoms with van der Waals surface area (Å²) in [5.41, 5.74) is 0.178. The predicted molar refractivity (Wildman–Crippen MR) is 55.4 cm³/mol. The minimum Gasteiger partial charge on any atom is -0.366 e. The van der Waals surface area contributed by atoms with Gasteiger partial charge in [0.25, 0.3) is 0 Å². The van der Waals surface area contributed by atoms with E-state index >= 15 is 0 Å². The van der Waals surface area contributed by atoms with E-state index in [4.69, 9.17) is 8.85 Å². The first kappa shape index (κ1) is 6.68. The summed E-state index contributed by atoms with van der Waals surface area (Å²) >= 11 is 0. The van der Waals surface area contributed by atoms with Crippen LogP contribution >= 0.6 is 0 Å². The molecule has 72 valence electrons. The van der Waals surface area contributed by atoms with Crippen molar-refractivity contribution >= 4 is 0 Å². The van der Waals surface area contributed by atoms with Gasteiger partial charge in [-0.2, -0.15) is 0 Å². The molecule has 0 bridgehead atoms. The molecule has 13 heavy (non-hydrogen) atoms. The zero-order valence-corrected chi connectivity index (χ0v) is 8.31. The highest BCUT2D eigenvalue weighted by Gasteiger charge is 2.11. The third-order valence-corrected chi connectivity index (χ3v) is 2.07. The Balaban J connectivity index is 2.64. The molecule has 0 aliphatic heterocycles. The monoisotopic (exact) mass is 181 g/mol. The van der Waals surface area contributed by atoms with Gasteiger partial charge in [-0.25, -0.2) is 0 Å². The molecule has 1 heteroatoms. The van der Waals surface area contributed by atoms with Gasteiger partial charge in [0.1, 0.15) is 5.60 Å². The third-order valence-electron chi connectivity index (χ3n) is 2.07. The largest absolute Gasteiger partial charge is 0.366 e. The Kier molecular flexibility index (Phi) is 2.30. The summed E-state index contributed by atoms with van der Waals surface area (Å²) in [4.78, 5) is 0. The number of hydrogen-bond donors (Lipinski definition) is 0.